The summed E-state index contributed by atoms with van der Waals surface area (Å²) in [5, 5.41) is 8.75. The molecule has 0 atom stereocenters. The van der Waals surface area contributed by atoms with E-state index >= 15 is 0 Å². The molecule has 0 saturated carbocycles. The van der Waals surface area contributed by atoms with Crippen LogP contribution in [-0.2, 0) is 13.5 Å². The number of aromatic nitrogens is 3. The number of para-hydroxylation sites is 1. The molecule has 0 aliphatic heterocycles. The summed E-state index contributed by atoms with van der Waals surface area (Å²) in [7, 11) is 3.89. The zero-order valence-electron chi connectivity index (χ0n) is 11.8. The average molecular weight is 270 g/mol. The van der Waals surface area contributed by atoms with Crippen LogP contribution in [0.5, 0.6) is 0 Å². The van der Waals surface area contributed by atoms with Crippen molar-refractivity contribution in [2.75, 3.05) is 13.6 Å². The van der Waals surface area contributed by atoms with Crippen molar-refractivity contribution < 1.29 is 4.42 Å². The smallest absolute Gasteiger partial charge is 0.195 e. The number of rotatable bonds is 5. The van der Waals surface area contributed by atoms with E-state index in [-0.39, 0.29) is 0 Å². The third-order valence-corrected chi connectivity index (χ3v) is 3.36. The van der Waals surface area contributed by atoms with Gasteiger partial charge in [0, 0.05) is 18.9 Å². The summed E-state index contributed by atoms with van der Waals surface area (Å²) in [6.45, 7) is 0.963. The normalized spacial score (nSPS) is 11.3. The van der Waals surface area contributed by atoms with Crippen molar-refractivity contribution >= 4 is 10.9 Å². The maximum atomic E-state index is 5.82. The highest BCUT2D eigenvalue weighted by Gasteiger charge is 2.14. The van der Waals surface area contributed by atoms with Gasteiger partial charge in [0.2, 0.25) is 0 Å². The van der Waals surface area contributed by atoms with Crippen molar-refractivity contribution in [1.82, 2.24) is 20.1 Å². The Hall–Kier alpha value is -2.14. The second-order valence-electron chi connectivity index (χ2n) is 4.81. The van der Waals surface area contributed by atoms with Crippen LogP contribution in [0.3, 0.4) is 0 Å². The second-order valence-corrected chi connectivity index (χ2v) is 4.81. The summed E-state index contributed by atoms with van der Waals surface area (Å²) in [5.41, 5.74) is 1.95. The summed E-state index contributed by atoms with van der Waals surface area (Å²) in [6, 6.07) is 8.13. The van der Waals surface area contributed by atoms with Gasteiger partial charge in [0.1, 0.15) is 5.69 Å². The van der Waals surface area contributed by atoms with Gasteiger partial charge in [-0.25, -0.2) is 4.98 Å². The topological polar surface area (TPSA) is 55.9 Å². The minimum Gasteiger partial charge on any atom is -0.439 e. The number of nitrogens with zero attached hydrogens (tertiary/aromatic N) is 3. The molecule has 5 nitrogen and oxygen atoms in total. The number of hydrogen-bond acceptors (Lipinski definition) is 4. The van der Waals surface area contributed by atoms with Gasteiger partial charge in [0.05, 0.1) is 11.7 Å². The summed E-state index contributed by atoms with van der Waals surface area (Å²) in [5.74, 6) is 1.51. The monoisotopic (exact) mass is 270 g/mol. The van der Waals surface area contributed by atoms with E-state index in [1.165, 1.54) is 0 Å². The summed E-state index contributed by atoms with van der Waals surface area (Å²) in [4.78, 5) is 4.34. The standard InChI is InChI=1S/C15H18N4O/c1-16-9-5-8-14-17-10-13(20-14)15-11-6-3-4-7-12(11)19(2)18-15/h3-4,6-7,10,16H,5,8-9H2,1-2H3. The van der Waals surface area contributed by atoms with Crippen LogP contribution in [0.25, 0.3) is 22.4 Å². The highest BCUT2D eigenvalue weighted by atomic mass is 16.4. The molecule has 0 fully saturated rings. The van der Waals surface area contributed by atoms with Crippen molar-refractivity contribution in [1.29, 1.82) is 0 Å². The van der Waals surface area contributed by atoms with Crippen molar-refractivity contribution in [3.05, 3.63) is 36.4 Å². The lowest BCUT2D eigenvalue weighted by Gasteiger charge is -1.95. The van der Waals surface area contributed by atoms with Gasteiger partial charge >= 0.3 is 0 Å². The van der Waals surface area contributed by atoms with Crippen LogP contribution in [0.2, 0.25) is 0 Å². The summed E-state index contributed by atoms with van der Waals surface area (Å²) < 4.78 is 7.69. The Morgan fingerprint density at radius 2 is 2.15 bits per heavy atom. The van der Waals surface area contributed by atoms with Crippen LogP contribution in [0.15, 0.2) is 34.9 Å². The van der Waals surface area contributed by atoms with Gasteiger partial charge in [0.25, 0.3) is 0 Å². The predicted octanol–water partition coefficient (Wildman–Crippen LogP) is 2.38. The van der Waals surface area contributed by atoms with E-state index in [0.29, 0.717) is 0 Å². The Kier molecular flexibility index (Phi) is 3.52. The summed E-state index contributed by atoms with van der Waals surface area (Å²) in [6.07, 6.45) is 3.62. The number of aryl methyl sites for hydroxylation is 2. The van der Waals surface area contributed by atoms with Crippen LogP contribution >= 0.6 is 0 Å². The molecule has 5 heteroatoms. The largest absolute Gasteiger partial charge is 0.439 e. The third kappa shape index (κ3) is 2.32. The Labute approximate surface area is 117 Å². The predicted molar refractivity (Wildman–Crippen MR) is 78.5 cm³/mol. The van der Waals surface area contributed by atoms with E-state index in [4.69, 9.17) is 4.42 Å². The fourth-order valence-corrected chi connectivity index (χ4v) is 2.35. The molecule has 3 rings (SSSR count). The first-order valence-corrected chi connectivity index (χ1v) is 6.81. The lowest BCUT2D eigenvalue weighted by Crippen LogP contribution is -2.08. The molecular formula is C15H18N4O. The Morgan fingerprint density at radius 3 is 3.00 bits per heavy atom. The van der Waals surface area contributed by atoms with Gasteiger partial charge in [-0.15, -0.1) is 0 Å². The average Bonchev–Trinajstić information content (AvgIpc) is 3.05. The Bertz CT molecular complexity index is 714. The molecule has 0 radical (unpaired) electrons. The quantitative estimate of drug-likeness (QED) is 0.723. The van der Waals surface area contributed by atoms with Crippen LogP contribution in [0.4, 0.5) is 0 Å². The van der Waals surface area contributed by atoms with Gasteiger partial charge in [-0.3, -0.25) is 4.68 Å². The zero-order chi connectivity index (χ0) is 13.9. The lowest BCUT2D eigenvalue weighted by molar-refractivity contribution is 0.493. The van der Waals surface area contributed by atoms with Crippen LogP contribution in [0, 0.1) is 0 Å². The molecule has 20 heavy (non-hydrogen) atoms. The molecule has 3 aromatic rings. The van der Waals surface area contributed by atoms with Crippen molar-refractivity contribution in [2.24, 2.45) is 7.05 Å². The summed E-state index contributed by atoms with van der Waals surface area (Å²) >= 11 is 0. The van der Waals surface area contributed by atoms with Gasteiger partial charge < -0.3 is 9.73 Å². The zero-order valence-corrected chi connectivity index (χ0v) is 11.8. The van der Waals surface area contributed by atoms with Gasteiger partial charge in [0.15, 0.2) is 11.7 Å². The SMILES string of the molecule is CNCCCc1ncc(-c2nn(C)c3ccccc23)o1. The first-order chi connectivity index (χ1) is 9.79. The number of benzene rings is 1. The third-order valence-electron chi connectivity index (χ3n) is 3.36. The van der Waals surface area contributed by atoms with Crippen LogP contribution in [0.1, 0.15) is 12.3 Å². The second kappa shape index (κ2) is 5.46. The molecule has 0 aliphatic rings. The minimum absolute atomic E-state index is 0.737. The molecule has 1 N–H and O–H groups in total. The van der Waals surface area contributed by atoms with Crippen LogP contribution in [-0.4, -0.2) is 28.4 Å². The molecule has 2 aromatic heterocycles. The fraction of sp³-hybridized carbons (Fsp3) is 0.333. The van der Waals surface area contributed by atoms with E-state index in [9.17, 15) is 0 Å². The van der Waals surface area contributed by atoms with E-state index in [2.05, 4.69) is 27.5 Å². The van der Waals surface area contributed by atoms with Crippen LogP contribution < -0.4 is 5.32 Å². The maximum absolute atomic E-state index is 5.82. The molecular weight excluding hydrogens is 252 g/mol. The molecule has 0 spiro atoms. The van der Waals surface area contributed by atoms with E-state index in [1.54, 1.807) is 6.20 Å². The van der Waals surface area contributed by atoms with Gasteiger partial charge in [-0.1, -0.05) is 18.2 Å². The molecule has 1 aromatic carbocycles. The van der Waals surface area contributed by atoms with Gasteiger partial charge in [-0.2, -0.15) is 5.10 Å². The first-order valence-electron chi connectivity index (χ1n) is 6.81. The molecule has 104 valence electrons. The molecule has 0 amide bonds. The number of hydrogen-bond donors (Lipinski definition) is 1. The Balaban J connectivity index is 1.91. The van der Waals surface area contributed by atoms with Crippen molar-refractivity contribution in [3.8, 4) is 11.5 Å². The van der Waals surface area contributed by atoms with E-state index in [0.717, 1.165) is 47.6 Å². The lowest BCUT2D eigenvalue weighted by atomic mass is 10.2. The highest BCUT2D eigenvalue weighted by molar-refractivity contribution is 5.91. The minimum atomic E-state index is 0.737. The van der Waals surface area contributed by atoms with E-state index in [1.807, 2.05) is 30.9 Å². The molecule has 0 aliphatic carbocycles. The Morgan fingerprint density at radius 1 is 1.30 bits per heavy atom. The highest BCUT2D eigenvalue weighted by Crippen LogP contribution is 2.27. The number of oxazole rings is 1. The molecule has 0 unspecified atom stereocenters. The fourth-order valence-electron chi connectivity index (χ4n) is 2.35. The van der Waals surface area contributed by atoms with Crippen molar-refractivity contribution in [3.63, 3.8) is 0 Å². The first kappa shape index (κ1) is 12.9. The van der Waals surface area contributed by atoms with Gasteiger partial charge in [-0.05, 0) is 26.1 Å². The number of nitrogens with one attached hydrogen (secondary N) is 1. The molecule has 0 bridgehead atoms. The molecule has 2 heterocycles. The van der Waals surface area contributed by atoms with E-state index < -0.39 is 0 Å². The van der Waals surface area contributed by atoms with Crippen molar-refractivity contribution in [2.45, 2.75) is 12.8 Å². The number of fused-ring (bicyclic) bond motifs is 1. The molecule has 0 saturated heterocycles. The maximum Gasteiger partial charge on any atom is 0.195 e.